The Balaban J connectivity index is 0.00000320. The van der Waals surface area contributed by atoms with Crippen LogP contribution in [-0.4, -0.2) is 55.1 Å². The van der Waals surface area contributed by atoms with Gasteiger partial charge in [0.15, 0.2) is 5.96 Å². The van der Waals surface area contributed by atoms with Crippen molar-refractivity contribution in [3.8, 4) is 5.75 Å². The van der Waals surface area contributed by atoms with E-state index >= 15 is 0 Å². The molecule has 0 saturated carbocycles. The first kappa shape index (κ1) is 24.7. The molecule has 1 saturated heterocycles. The van der Waals surface area contributed by atoms with Gasteiger partial charge in [-0.15, -0.1) is 24.0 Å². The topological polar surface area (TPSA) is 92.0 Å². The average molecular weight is 529 g/mol. The number of halogens is 1. The third-order valence-electron chi connectivity index (χ3n) is 5.39. The lowest BCUT2D eigenvalue weighted by atomic mass is 9.97. The highest BCUT2D eigenvalue weighted by Crippen LogP contribution is 2.31. The third kappa shape index (κ3) is 7.61. The van der Waals surface area contributed by atoms with Crippen molar-refractivity contribution in [2.24, 2.45) is 16.6 Å². The van der Waals surface area contributed by atoms with E-state index in [0.717, 1.165) is 50.2 Å². The van der Waals surface area contributed by atoms with Crippen LogP contribution in [0.15, 0.2) is 29.3 Å². The van der Waals surface area contributed by atoms with E-state index in [4.69, 9.17) is 10.5 Å². The minimum atomic E-state index is -0.181. The van der Waals surface area contributed by atoms with Gasteiger partial charge in [-0.05, 0) is 58.7 Å². The number of nitrogens with zero attached hydrogens (tertiary/aromatic N) is 2. The number of nitrogens with one attached hydrogen (secondary N) is 2. The van der Waals surface area contributed by atoms with Crippen molar-refractivity contribution >= 4 is 35.8 Å². The molecule has 0 radical (unpaired) electrons. The average Bonchev–Trinajstić information content (AvgIpc) is 2.66. The molecule has 1 aromatic carbocycles. The summed E-state index contributed by atoms with van der Waals surface area (Å²) in [7, 11) is 0. The van der Waals surface area contributed by atoms with Crippen LogP contribution in [0.25, 0.3) is 0 Å². The minimum absolute atomic E-state index is 0. The number of carbonyl (C=O) groups excluding carboxylic acids is 1. The van der Waals surface area contributed by atoms with Gasteiger partial charge in [0.2, 0.25) is 5.91 Å². The maximum Gasteiger partial charge on any atom is 0.234 e. The minimum Gasteiger partial charge on any atom is -0.493 e. The molecule has 0 aliphatic carbocycles. The fourth-order valence-corrected chi connectivity index (χ4v) is 3.93. The fourth-order valence-electron chi connectivity index (χ4n) is 3.93. The number of aliphatic imine (C=N–C) groups is 1. The van der Waals surface area contributed by atoms with Gasteiger partial charge in [-0.3, -0.25) is 14.7 Å². The van der Waals surface area contributed by atoms with Crippen LogP contribution in [-0.2, 0) is 4.79 Å². The zero-order chi connectivity index (χ0) is 20.9. The Hall–Kier alpha value is -1.55. The van der Waals surface area contributed by atoms with E-state index in [1.807, 2.05) is 39.0 Å². The lowest BCUT2D eigenvalue weighted by molar-refractivity contribution is -0.124. The molecule has 0 bridgehead atoms. The zero-order valence-corrected chi connectivity index (χ0v) is 20.6. The lowest BCUT2D eigenvalue weighted by Gasteiger charge is -2.32. The molecule has 168 valence electrons. The summed E-state index contributed by atoms with van der Waals surface area (Å²) in [5, 5.41) is 6.38. The second-order valence-electron chi connectivity index (χ2n) is 9.12. The van der Waals surface area contributed by atoms with Crippen molar-refractivity contribution in [3.05, 3.63) is 29.8 Å². The molecule has 4 N–H and O–H groups in total. The highest BCUT2D eigenvalue weighted by Gasteiger charge is 2.23. The van der Waals surface area contributed by atoms with Gasteiger partial charge in [-0.25, -0.2) is 0 Å². The van der Waals surface area contributed by atoms with Crippen molar-refractivity contribution < 1.29 is 9.53 Å². The second-order valence-corrected chi connectivity index (χ2v) is 9.12. The van der Waals surface area contributed by atoms with Crippen LogP contribution in [0, 0.1) is 5.92 Å². The Kier molecular flexibility index (Phi) is 9.21. The summed E-state index contributed by atoms with van der Waals surface area (Å²) in [6, 6.07) is 8.21. The standard InChI is InChI=1S/C22H35N5O2.HI/c1-22(2,3)26-20(28)15-27-11-8-16(9-12-27)14-24-21(23)25-18-10-13-29-19-7-5-4-6-17(18)19;/h4-7,16,18H,8-15H2,1-3H3,(H,26,28)(H3,23,24,25);1H. The van der Waals surface area contributed by atoms with Crippen molar-refractivity contribution in [2.45, 2.75) is 51.6 Å². The van der Waals surface area contributed by atoms with E-state index < -0.39 is 0 Å². The number of carbonyl (C=O) groups is 1. The number of hydrogen-bond acceptors (Lipinski definition) is 4. The molecular weight excluding hydrogens is 493 g/mol. The summed E-state index contributed by atoms with van der Waals surface area (Å²) < 4.78 is 5.70. The second kappa shape index (κ2) is 11.2. The first-order valence-corrected chi connectivity index (χ1v) is 10.6. The number of likely N-dealkylation sites (tertiary alicyclic amines) is 1. The zero-order valence-electron chi connectivity index (χ0n) is 18.3. The molecule has 2 aliphatic rings. The van der Waals surface area contributed by atoms with E-state index in [0.29, 0.717) is 25.0 Å². The number of guanidine groups is 1. The first-order valence-electron chi connectivity index (χ1n) is 10.6. The van der Waals surface area contributed by atoms with Gasteiger partial charge in [-0.2, -0.15) is 0 Å². The number of rotatable bonds is 5. The maximum atomic E-state index is 12.1. The monoisotopic (exact) mass is 529 g/mol. The molecule has 1 aromatic rings. The van der Waals surface area contributed by atoms with Crippen molar-refractivity contribution in [1.82, 2.24) is 15.5 Å². The smallest absolute Gasteiger partial charge is 0.234 e. The van der Waals surface area contributed by atoms with Gasteiger partial charge < -0.3 is 21.1 Å². The molecule has 1 atom stereocenters. The molecule has 1 amide bonds. The van der Waals surface area contributed by atoms with Crippen LogP contribution in [0.4, 0.5) is 0 Å². The molecule has 0 spiro atoms. The Morgan fingerprint density at radius 2 is 1.93 bits per heavy atom. The normalized spacial score (nSPS) is 20.5. The van der Waals surface area contributed by atoms with Crippen LogP contribution in [0.5, 0.6) is 5.75 Å². The summed E-state index contributed by atoms with van der Waals surface area (Å²) >= 11 is 0. The molecule has 2 heterocycles. The van der Waals surface area contributed by atoms with Gasteiger partial charge in [0.05, 0.1) is 19.2 Å². The number of nitrogens with two attached hydrogens (primary N) is 1. The van der Waals surface area contributed by atoms with Gasteiger partial charge in [-0.1, -0.05) is 18.2 Å². The summed E-state index contributed by atoms with van der Waals surface area (Å²) in [6.07, 6.45) is 2.96. The molecule has 7 nitrogen and oxygen atoms in total. The van der Waals surface area contributed by atoms with Crippen molar-refractivity contribution in [2.75, 3.05) is 32.8 Å². The summed E-state index contributed by atoms with van der Waals surface area (Å²) in [5.74, 6) is 2.03. The number of hydrogen-bond donors (Lipinski definition) is 3. The molecule has 30 heavy (non-hydrogen) atoms. The van der Waals surface area contributed by atoms with E-state index in [1.54, 1.807) is 0 Å². The molecule has 8 heteroatoms. The molecule has 3 rings (SSSR count). The van der Waals surface area contributed by atoms with Gasteiger partial charge in [0, 0.05) is 24.1 Å². The Labute approximate surface area is 197 Å². The number of para-hydroxylation sites is 1. The van der Waals surface area contributed by atoms with Crippen LogP contribution in [0.2, 0.25) is 0 Å². The van der Waals surface area contributed by atoms with Gasteiger partial charge in [0.1, 0.15) is 5.75 Å². The molecule has 1 fully saturated rings. The number of amides is 1. The summed E-state index contributed by atoms with van der Waals surface area (Å²) in [5.41, 5.74) is 7.12. The number of ether oxygens (including phenoxy) is 1. The van der Waals surface area contributed by atoms with Crippen LogP contribution in [0.3, 0.4) is 0 Å². The van der Waals surface area contributed by atoms with E-state index in [1.165, 1.54) is 0 Å². The van der Waals surface area contributed by atoms with Crippen LogP contribution < -0.4 is 21.1 Å². The van der Waals surface area contributed by atoms with Crippen LogP contribution >= 0.6 is 24.0 Å². The highest BCUT2D eigenvalue weighted by molar-refractivity contribution is 14.0. The molecule has 1 unspecified atom stereocenters. The van der Waals surface area contributed by atoms with E-state index in [-0.39, 0.29) is 41.5 Å². The number of piperidine rings is 1. The maximum absolute atomic E-state index is 12.1. The Bertz CT molecular complexity index is 726. The SMILES string of the molecule is CC(C)(C)NC(=O)CN1CCC(CN=C(N)NC2CCOc3ccccc32)CC1.I. The van der Waals surface area contributed by atoms with E-state index in [2.05, 4.69) is 26.6 Å². The quantitative estimate of drug-likeness (QED) is 0.310. The van der Waals surface area contributed by atoms with Gasteiger partial charge >= 0.3 is 0 Å². The van der Waals surface area contributed by atoms with Crippen LogP contribution in [0.1, 0.15) is 51.6 Å². The highest BCUT2D eigenvalue weighted by atomic mass is 127. The predicted octanol–water partition coefficient (Wildman–Crippen LogP) is 2.66. The number of benzene rings is 1. The third-order valence-corrected chi connectivity index (χ3v) is 5.39. The van der Waals surface area contributed by atoms with Crippen molar-refractivity contribution in [1.29, 1.82) is 0 Å². The summed E-state index contributed by atoms with van der Waals surface area (Å²) in [4.78, 5) is 18.9. The summed E-state index contributed by atoms with van der Waals surface area (Å²) in [6.45, 7) is 9.76. The first-order chi connectivity index (χ1) is 13.8. The fraction of sp³-hybridized carbons (Fsp3) is 0.636. The largest absolute Gasteiger partial charge is 0.493 e. The molecule has 2 aliphatic heterocycles. The number of fused-ring (bicyclic) bond motifs is 1. The van der Waals surface area contributed by atoms with E-state index in [9.17, 15) is 4.79 Å². The molecule has 0 aromatic heterocycles. The molecular formula is C22H36IN5O2. The van der Waals surface area contributed by atoms with Crippen molar-refractivity contribution in [3.63, 3.8) is 0 Å². The Morgan fingerprint density at radius 3 is 2.63 bits per heavy atom. The van der Waals surface area contributed by atoms with Gasteiger partial charge in [0.25, 0.3) is 0 Å². The lowest BCUT2D eigenvalue weighted by Crippen LogP contribution is -2.47. The Morgan fingerprint density at radius 1 is 1.23 bits per heavy atom. The predicted molar refractivity (Wildman–Crippen MR) is 131 cm³/mol.